The molecule has 0 saturated heterocycles. The maximum atomic E-state index is 5.72. The number of aromatic nitrogens is 1. The minimum absolute atomic E-state index is 0.475. The zero-order valence-corrected chi connectivity index (χ0v) is 10.5. The number of methoxy groups -OCH3 is 1. The van der Waals surface area contributed by atoms with E-state index in [0.717, 1.165) is 28.4 Å². The average molecular weight is 254 g/mol. The van der Waals surface area contributed by atoms with Gasteiger partial charge in [0.1, 0.15) is 5.75 Å². The van der Waals surface area contributed by atoms with E-state index in [4.69, 9.17) is 16.3 Å². The molecule has 0 radical (unpaired) electrons. The van der Waals surface area contributed by atoms with Gasteiger partial charge in [0, 0.05) is 17.4 Å². The maximum Gasteiger partial charge on any atom is 0.122 e. The molecule has 1 heterocycles. The maximum absolute atomic E-state index is 5.72. The topological polar surface area (TPSA) is 22.1 Å². The van der Waals surface area contributed by atoms with Crippen molar-refractivity contribution in [2.24, 2.45) is 0 Å². The smallest absolute Gasteiger partial charge is 0.122 e. The van der Waals surface area contributed by atoms with Crippen LogP contribution < -0.4 is 4.74 Å². The summed E-state index contributed by atoms with van der Waals surface area (Å²) in [4.78, 5) is 4.43. The lowest BCUT2D eigenvalue weighted by molar-refractivity contribution is 0.410. The normalized spacial score (nSPS) is 10.4. The van der Waals surface area contributed by atoms with Gasteiger partial charge >= 0.3 is 0 Å². The minimum Gasteiger partial charge on any atom is -0.496 e. The number of alkyl halides is 1. The molecule has 0 spiro atoms. The van der Waals surface area contributed by atoms with E-state index in [1.165, 1.54) is 0 Å². The SMILES string of the molecule is COc1ccccc1Cc1nc(CCl)cs1. The fourth-order valence-corrected chi connectivity index (χ4v) is 2.55. The number of thiazole rings is 1. The van der Waals surface area contributed by atoms with Gasteiger partial charge in [0.15, 0.2) is 0 Å². The molecule has 2 rings (SSSR count). The fourth-order valence-electron chi connectivity index (χ4n) is 1.50. The predicted octanol–water partition coefficient (Wildman–Crippen LogP) is 3.48. The van der Waals surface area contributed by atoms with Gasteiger partial charge < -0.3 is 4.74 Å². The van der Waals surface area contributed by atoms with E-state index in [9.17, 15) is 0 Å². The van der Waals surface area contributed by atoms with Gasteiger partial charge in [0.25, 0.3) is 0 Å². The van der Waals surface area contributed by atoms with Gasteiger partial charge in [-0.05, 0) is 6.07 Å². The van der Waals surface area contributed by atoms with Crippen LogP contribution in [-0.4, -0.2) is 12.1 Å². The summed E-state index contributed by atoms with van der Waals surface area (Å²) in [5.74, 6) is 1.38. The number of rotatable bonds is 4. The van der Waals surface area contributed by atoms with Crippen LogP contribution in [0.2, 0.25) is 0 Å². The summed E-state index contributed by atoms with van der Waals surface area (Å²) >= 11 is 7.36. The molecule has 1 aromatic carbocycles. The van der Waals surface area contributed by atoms with Crippen molar-refractivity contribution in [2.75, 3.05) is 7.11 Å². The molecule has 0 saturated carbocycles. The first-order valence-corrected chi connectivity index (χ1v) is 6.36. The molecule has 2 nitrogen and oxygen atoms in total. The van der Waals surface area contributed by atoms with E-state index < -0.39 is 0 Å². The molecular formula is C12H12ClNOS. The van der Waals surface area contributed by atoms with Crippen LogP contribution in [0.1, 0.15) is 16.3 Å². The first kappa shape index (κ1) is 11.4. The summed E-state index contributed by atoms with van der Waals surface area (Å²) in [6.07, 6.45) is 0.797. The molecule has 0 aliphatic carbocycles. The minimum atomic E-state index is 0.475. The first-order chi connectivity index (χ1) is 7.83. The third-order valence-electron chi connectivity index (χ3n) is 2.27. The summed E-state index contributed by atoms with van der Waals surface area (Å²) in [5.41, 5.74) is 2.09. The summed E-state index contributed by atoms with van der Waals surface area (Å²) < 4.78 is 5.30. The average Bonchev–Trinajstić information content (AvgIpc) is 2.77. The second kappa shape index (κ2) is 5.32. The van der Waals surface area contributed by atoms with Crippen molar-refractivity contribution < 1.29 is 4.74 Å². The zero-order chi connectivity index (χ0) is 11.4. The second-order valence-electron chi connectivity index (χ2n) is 3.35. The molecule has 16 heavy (non-hydrogen) atoms. The molecule has 1 aromatic heterocycles. The summed E-state index contributed by atoms with van der Waals surface area (Å²) in [6.45, 7) is 0. The Balaban J connectivity index is 2.19. The van der Waals surface area contributed by atoms with E-state index in [-0.39, 0.29) is 0 Å². The summed E-state index contributed by atoms with van der Waals surface area (Å²) in [6, 6.07) is 7.99. The van der Waals surface area contributed by atoms with Crippen LogP contribution in [0, 0.1) is 0 Å². The van der Waals surface area contributed by atoms with Crippen molar-refractivity contribution in [3.8, 4) is 5.75 Å². The lowest BCUT2D eigenvalue weighted by Gasteiger charge is -2.05. The summed E-state index contributed by atoms with van der Waals surface area (Å²) in [7, 11) is 1.69. The number of halogens is 1. The van der Waals surface area contributed by atoms with Gasteiger partial charge in [-0.25, -0.2) is 4.98 Å². The van der Waals surface area contributed by atoms with Gasteiger partial charge in [0.2, 0.25) is 0 Å². The Hall–Kier alpha value is -1.06. The molecule has 0 fully saturated rings. The molecule has 0 aliphatic heterocycles. The number of para-hydroxylation sites is 1. The molecule has 0 amide bonds. The number of hydrogen-bond acceptors (Lipinski definition) is 3. The van der Waals surface area contributed by atoms with Gasteiger partial charge in [-0.1, -0.05) is 18.2 Å². The van der Waals surface area contributed by atoms with Crippen molar-refractivity contribution >= 4 is 22.9 Å². The van der Waals surface area contributed by atoms with Crippen LogP contribution in [0.4, 0.5) is 0 Å². The number of ether oxygens (including phenoxy) is 1. The van der Waals surface area contributed by atoms with Crippen LogP contribution in [0.15, 0.2) is 29.6 Å². The standard InChI is InChI=1S/C12H12ClNOS/c1-15-11-5-3-2-4-9(11)6-12-14-10(7-13)8-16-12/h2-5,8H,6-7H2,1H3. The second-order valence-corrected chi connectivity index (χ2v) is 4.56. The molecular weight excluding hydrogens is 242 g/mol. The van der Waals surface area contributed by atoms with Crippen molar-refractivity contribution in [3.63, 3.8) is 0 Å². The highest BCUT2D eigenvalue weighted by Gasteiger charge is 2.06. The molecule has 84 valence electrons. The van der Waals surface area contributed by atoms with Crippen molar-refractivity contribution in [1.82, 2.24) is 4.98 Å². The van der Waals surface area contributed by atoms with Crippen LogP contribution >= 0.6 is 22.9 Å². The van der Waals surface area contributed by atoms with E-state index >= 15 is 0 Å². The Morgan fingerprint density at radius 2 is 2.19 bits per heavy atom. The Labute approximate surface area is 104 Å². The van der Waals surface area contributed by atoms with Crippen molar-refractivity contribution in [2.45, 2.75) is 12.3 Å². The number of benzene rings is 1. The van der Waals surface area contributed by atoms with Gasteiger partial charge in [-0.2, -0.15) is 0 Å². The van der Waals surface area contributed by atoms with Gasteiger partial charge in [-0.15, -0.1) is 22.9 Å². The lowest BCUT2D eigenvalue weighted by atomic mass is 10.1. The highest BCUT2D eigenvalue weighted by molar-refractivity contribution is 7.09. The zero-order valence-electron chi connectivity index (χ0n) is 8.94. The number of nitrogens with zero attached hydrogens (tertiary/aromatic N) is 1. The molecule has 0 aliphatic rings. The highest BCUT2D eigenvalue weighted by atomic mass is 35.5. The Morgan fingerprint density at radius 3 is 2.88 bits per heavy atom. The van der Waals surface area contributed by atoms with E-state index in [1.54, 1.807) is 18.4 Å². The lowest BCUT2D eigenvalue weighted by Crippen LogP contribution is -1.93. The third kappa shape index (κ3) is 2.54. The molecule has 0 unspecified atom stereocenters. The van der Waals surface area contributed by atoms with Gasteiger partial charge in [-0.3, -0.25) is 0 Å². The van der Waals surface area contributed by atoms with Crippen LogP contribution in [-0.2, 0) is 12.3 Å². The summed E-state index contributed by atoms with van der Waals surface area (Å²) in [5, 5.41) is 3.07. The monoisotopic (exact) mass is 253 g/mol. The third-order valence-corrected chi connectivity index (χ3v) is 3.44. The molecule has 4 heteroatoms. The largest absolute Gasteiger partial charge is 0.496 e. The number of hydrogen-bond donors (Lipinski definition) is 0. The molecule has 0 bridgehead atoms. The van der Waals surface area contributed by atoms with E-state index in [0.29, 0.717) is 5.88 Å². The van der Waals surface area contributed by atoms with Crippen LogP contribution in [0.5, 0.6) is 5.75 Å². The fraction of sp³-hybridized carbons (Fsp3) is 0.250. The Kier molecular flexibility index (Phi) is 3.80. The molecule has 0 atom stereocenters. The highest BCUT2D eigenvalue weighted by Crippen LogP contribution is 2.22. The molecule has 0 N–H and O–H groups in total. The van der Waals surface area contributed by atoms with Crippen LogP contribution in [0.3, 0.4) is 0 Å². The first-order valence-electron chi connectivity index (χ1n) is 4.94. The Morgan fingerprint density at radius 1 is 1.38 bits per heavy atom. The predicted molar refractivity (Wildman–Crippen MR) is 67.5 cm³/mol. The van der Waals surface area contributed by atoms with Crippen LogP contribution in [0.25, 0.3) is 0 Å². The van der Waals surface area contributed by atoms with E-state index in [1.807, 2.05) is 23.6 Å². The van der Waals surface area contributed by atoms with Crippen molar-refractivity contribution in [1.29, 1.82) is 0 Å². The van der Waals surface area contributed by atoms with E-state index in [2.05, 4.69) is 11.1 Å². The Bertz CT molecular complexity index is 470. The quantitative estimate of drug-likeness (QED) is 0.779. The van der Waals surface area contributed by atoms with Gasteiger partial charge in [0.05, 0.1) is 23.7 Å². The van der Waals surface area contributed by atoms with Crippen molar-refractivity contribution in [3.05, 3.63) is 45.9 Å². The molecule has 2 aromatic rings.